The third-order valence-electron chi connectivity index (χ3n) is 2.48. The second-order valence-electron chi connectivity index (χ2n) is 3.71. The summed E-state index contributed by atoms with van der Waals surface area (Å²) in [6.45, 7) is 0.644. The van der Waals surface area contributed by atoms with Gasteiger partial charge in [0.05, 0.1) is 0 Å². The molecular weight excluding hydrogens is 294 g/mol. The van der Waals surface area contributed by atoms with E-state index in [-0.39, 0.29) is 0 Å². The lowest BCUT2D eigenvalue weighted by atomic mass is 10.1. The topological polar surface area (TPSA) is 26.0 Å². The number of hydrogen-bond acceptors (Lipinski definition) is 2. The molecule has 0 saturated carbocycles. The maximum atomic E-state index is 5.85. The van der Waals surface area contributed by atoms with Crippen molar-refractivity contribution >= 4 is 27.7 Å². The quantitative estimate of drug-likeness (QED) is 0.855. The van der Waals surface area contributed by atoms with Crippen LogP contribution in [0.4, 0.5) is 0 Å². The van der Waals surface area contributed by atoms with Gasteiger partial charge in [-0.05, 0) is 29.8 Å². The predicted molar refractivity (Wildman–Crippen MR) is 78.2 cm³/mol. The third kappa shape index (κ3) is 3.60. The lowest BCUT2D eigenvalue weighted by molar-refractivity contribution is 0.941. The molecule has 0 spiro atoms. The van der Waals surface area contributed by atoms with Gasteiger partial charge < -0.3 is 5.73 Å². The lowest BCUT2D eigenvalue weighted by Crippen LogP contribution is -2.09. The number of thioether (sulfide) groups is 1. The smallest absolute Gasteiger partial charge is 0.0466 e. The van der Waals surface area contributed by atoms with Gasteiger partial charge in [0.1, 0.15) is 0 Å². The van der Waals surface area contributed by atoms with Crippen molar-refractivity contribution in [1.82, 2.24) is 0 Å². The second-order valence-corrected chi connectivity index (χ2v) is 5.90. The molecule has 2 aromatic rings. The Bertz CT molecular complexity index is 455. The zero-order valence-corrected chi connectivity index (χ0v) is 11.7. The van der Waals surface area contributed by atoms with Crippen LogP contribution in [-0.2, 0) is 0 Å². The zero-order chi connectivity index (χ0) is 12.1. The largest absolute Gasteiger partial charge is 0.329 e. The lowest BCUT2D eigenvalue weighted by Gasteiger charge is -2.14. The van der Waals surface area contributed by atoms with Crippen LogP contribution in [-0.4, -0.2) is 6.54 Å². The van der Waals surface area contributed by atoms with Gasteiger partial charge >= 0.3 is 0 Å². The molecule has 2 N–H and O–H groups in total. The van der Waals surface area contributed by atoms with Crippen LogP contribution in [0.15, 0.2) is 64.0 Å². The predicted octanol–water partition coefficient (Wildman–Crippen LogP) is 4.24. The molecule has 1 unspecified atom stereocenters. The van der Waals surface area contributed by atoms with Gasteiger partial charge in [-0.25, -0.2) is 0 Å². The first kappa shape index (κ1) is 12.7. The van der Waals surface area contributed by atoms with E-state index in [0.29, 0.717) is 11.8 Å². The minimum atomic E-state index is 0.317. The Labute approximate surface area is 115 Å². The number of rotatable bonds is 4. The molecule has 0 radical (unpaired) electrons. The monoisotopic (exact) mass is 307 g/mol. The van der Waals surface area contributed by atoms with Crippen LogP contribution in [0, 0.1) is 0 Å². The van der Waals surface area contributed by atoms with Gasteiger partial charge in [-0.15, -0.1) is 11.8 Å². The Kier molecular flexibility index (Phi) is 4.66. The first-order chi connectivity index (χ1) is 8.29. The number of halogens is 1. The molecule has 0 aliphatic heterocycles. The Morgan fingerprint density at radius 3 is 2.24 bits per heavy atom. The molecule has 2 rings (SSSR count). The summed E-state index contributed by atoms with van der Waals surface area (Å²) in [5, 5.41) is 0.317. The molecular formula is C14H14BrNS. The van der Waals surface area contributed by atoms with Crippen molar-refractivity contribution in [3.63, 3.8) is 0 Å². The van der Waals surface area contributed by atoms with Crippen LogP contribution in [0.25, 0.3) is 0 Å². The molecule has 0 aromatic heterocycles. The van der Waals surface area contributed by atoms with Crippen molar-refractivity contribution in [2.45, 2.75) is 10.1 Å². The van der Waals surface area contributed by atoms with Gasteiger partial charge in [0, 0.05) is 21.2 Å². The van der Waals surface area contributed by atoms with Crippen LogP contribution in [0.5, 0.6) is 0 Å². The van der Waals surface area contributed by atoms with Crippen molar-refractivity contribution in [2.24, 2.45) is 5.73 Å². The summed E-state index contributed by atoms with van der Waals surface area (Å²) in [6.07, 6.45) is 0. The van der Waals surface area contributed by atoms with Crippen molar-refractivity contribution in [3.05, 3.63) is 64.6 Å². The molecule has 0 amide bonds. The molecule has 0 aliphatic carbocycles. The van der Waals surface area contributed by atoms with Crippen molar-refractivity contribution < 1.29 is 0 Å². The summed E-state index contributed by atoms with van der Waals surface area (Å²) in [6, 6.07) is 18.7. The van der Waals surface area contributed by atoms with E-state index in [2.05, 4.69) is 64.5 Å². The van der Waals surface area contributed by atoms with Crippen molar-refractivity contribution in [1.29, 1.82) is 0 Å². The maximum absolute atomic E-state index is 5.85. The number of nitrogens with two attached hydrogens (primary N) is 1. The van der Waals surface area contributed by atoms with Gasteiger partial charge in [0.2, 0.25) is 0 Å². The highest BCUT2D eigenvalue weighted by atomic mass is 79.9. The Morgan fingerprint density at radius 2 is 1.65 bits per heavy atom. The highest BCUT2D eigenvalue weighted by Crippen LogP contribution is 2.34. The first-order valence-electron chi connectivity index (χ1n) is 5.47. The molecule has 0 fully saturated rings. The Balaban J connectivity index is 2.13. The highest BCUT2D eigenvalue weighted by molar-refractivity contribution is 9.10. The minimum Gasteiger partial charge on any atom is -0.329 e. The molecule has 0 bridgehead atoms. The number of hydrogen-bond donors (Lipinski definition) is 1. The maximum Gasteiger partial charge on any atom is 0.0466 e. The van der Waals surface area contributed by atoms with E-state index in [1.165, 1.54) is 10.5 Å². The first-order valence-corrected chi connectivity index (χ1v) is 7.14. The van der Waals surface area contributed by atoms with E-state index in [4.69, 9.17) is 5.73 Å². The van der Waals surface area contributed by atoms with E-state index >= 15 is 0 Å². The summed E-state index contributed by atoms with van der Waals surface area (Å²) >= 11 is 5.24. The molecule has 1 atom stereocenters. The highest BCUT2D eigenvalue weighted by Gasteiger charge is 2.10. The van der Waals surface area contributed by atoms with Crippen LogP contribution in [0.1, 0.15) is 10.8 Å². The van der Waals surface area contributed by atoms with Crippen molar-refractivity contribution in [3.8, 4) is 0 Å². The molecule has 88 valence electrons. The minimum absolute atomic E-state index is 0.317. The van der Waals surface area contributed by atoms with E-state index in [1.54, 1.807) is 11.8 Å². The van der Waals surface area contributed by atoms with Crippen LogP contribution >= 0.6 is 27.7 Å². The normalized spacial score (nSPS) is 12.4. The molecule has 1 nitrogen and oxygen atoms in total. The average Bonchev–Trinajstić information content (AvgIpc) is 2.39. The summed E-state index contributed by atoms with van der Waals surface area (Å²) in [7, 11) is 0. The fourth-order valence-electron chi connectivity index (χ4n) is 1.60. The summed E-state index contributed by atoms with van der Waals surface area (Å²) in [4.78, 5) is 1.24. The van der Waals surface area contributed by atoms with Gasteiger partial charge in [0.25, 0.3) is 0 Å². The van der Waals surface area contributed by atoms with Gasteiger partial charge in [-0.2, -0.15) is 0 Å². The van der Waals surface area contributed by atoms with E-state index < -0.39 is 0 Å². The summed E-state index contributed by atoms with van der Waals surface area (Å²) < 4.78 is 1.10. The van der Waals surface area contributed by atoms with Gasteiger partial charge in [-0.3, -0.25) is 0 Å². The number of benzene rings is 2. The third-order valence-corrected chi connectivity index (χ3v) is 4.30. The summed E-state index contributed by atoms with van der Waals surface area (Å²) in [5.41, 5.74) is 7.13. The molecule has 0 saturated heterocycles. The molecule has 3 heteroatoms. The van der Waals surface area contributed by atoms with Crippen LogP contribution < -0.4 is 5.73 Å². The fourth-order valence-corrected chi connectivity index (χ4v) is 2.87. The summed E-state index contributed by atoms with van der Waals surface area (Å²) in [5.74, 6) is 0. The SMILES string of the molecule is NCC(Sc1ccc(Br)cc1)c1ccccc1. The van der Waals surface area contributed by atoms with E-state index in [9.17, 15) is 0 Å². The molecule has 17 heavy (non-hydrogen) atoms. The van der Waals surface area contributed by atoms with E-state index in [0.717, 1.165) is 4.47 Å². The van der Waals surface area contributed by atoms with Gasteiger partial charge in [-0.1, -0.05) is 46.3 Å². The molecule has 0 aliphatic rings. The van der Waals surface area contributed by atoms with E-state index in [1.807, 2.05) is 6.07 Å². The second kappa shape index (κ2) is 6.24. The molecule has 0 heterocycles. The Morgan fingerprint density at radius 1 is 1.00 bits per heavy atom. The van der Waals surface area contributed by atoms with Crippen molar-refractivity contribution in [2.75, 3.05) is 6.54 Å². The standard InChI is InChI=1S/C14H14BrNS/c15-12-6-8-13(9-7-12)17-14(10-16)11-4-2-1-3-5-11/h1-9,14H,10,16H2. The van der Waals surface area contributed by atoms with Crippen LogP contribution in [0.2, 0.25) is 0 Å². The fraction of sp³-hybridized carbons (Fsp3) is 0.143. The Hall–Kier alpha value is -0.770. The zero-order valence-electron chi connectivity index (χ0n) is 9.34. The van der Waals surface area contributed by atoms with Crippen LogP contribution in [0.3, 0.4) is 0 Å². The average molecular weight is 308 g/mol. The molecule has 2 aromatic carbocycles. The van der Waals surface area contributed by atoms with Gasteiger partial charge in [0.15, 0.2) is 0 Å².